The first-order chi connectivity index (χ1) is 12.1. The van der Waals surface area contributed by atoms with Gasteiger partial charge in [-0.25, -0.2) is 5.01 Å². The number of pyridine rings is 1. The minimum Gasteiger partial charge on any atom is -0.272 e. The lowest BCUT2D eigenvalue weighted by molar-refractivity contribution is -0.143. The van der Waals surface area contributed by atoms with Crippen molar-refractivity contribution < 1.29 is 9.59 Å². The average Bonchev–Trinajstić information content (AvgIpc) is 3.31. The molecule has 5 nitrogen and oxygen atoms in total. The monoisotopic (exact) mass is 335 g/mol. The molecule has 1 saturated carbocycles. The highest BCUT2D eigenvalue weighted by Gasteiger charge is 2.54. The predicted octanol–water partition coefficient (Wildman–Crippen LogP) is 2.71. The van der Waals surface area contributed by atoms with Crippen LogP contribution in [0.1, 0.15) is 40.7 Å². The molecule has 0 N–H and O–H groups in total. The van der Waals surface area contributed by atoms with Crippen LogP contribution in [0.4, 0.5) is 0 Å². The Hall–Kier alpha value is -2.69. The molecule has 2 fully saturated rings. The zero-order chi connectivity index (χ0) is 17.4. The largest absolute Gasteiger partial charge is 0.274 e. The molecule has 0 bridgehead atoms. The summed E-state index contributed by atoms with van der Waals surface area (Å²) in [5.74, 6) is -0.101. The smallest absolute Gasteiger partial charge is 0.272 e. The third kappa shape index (κ3) is 2.69. The number of aromatic nitrogens is 1. The summed E-state index contributed by atoms with van der Waals surface area (Å²) in [4.78, 5) is 30.3. The summed E-state index contributed by atoms with van der Waals surface area (Å²) in [6, 6.07) is 11.7. The molecule has 2 amide bonds. The van der Waals surface area contributed by atoms with E-state index in [0.29, 0.717) is 18.7 Å². The third-order valence-corrected chi connectivity index (χ3v) is 5.11. The molecule has 2 heterocycles. The number of nitrogens with zero attached hydrogens (tertiary/aromatic N) is 3. The fourth-order valence-electron chi connectivity index (χ4n) is 3.61. The zero-order valence-corrected chi connectivity index (χ0v) is 14.3. The van der Waals surface area contributed by atoms with Crippen LogP contribution < -0.4 is 0 Å². The second-order valence-electron chi connectivity index (χ2n) is 6.91. The second kappa shape index (κ2) is 5.99. The van der Waals surface area contributed by atoms with Crippen LogP contribution in [0.3, 0.4) is 0 Å². The van der Waals surface area contributed by atoms with E-state index < -0.39 is 5.41 Å². The Bertz CT molecular complexity index is 815. The van der Waals surface area contributed by atoms with Gasteiger partial charge in [0.25, 0.3) is 11.8 Å². The van der Waals surface area contributed by atoms with Crippen LogP contribution in [0.25, 0.3) is 0 Å². The Kier molecular flexibility index (Phi) is 3.79. The molecule has 2 aliphatic rings. The summed E-state index contributed by atoms with van der Waals surface area (Å²) < 4.78 is 0. The first-order valence-electron chi connectivity index (χ1n) is 8.73. The highest BCUT2D eigenvalue weighted by atomic mass is 16.2. The summed E-state index contributed by atoms with van der Waals surface area (Å²) in [6.07, 6.45) is 5.79. The van der Waals surface area contributed by atoms with Gasteiger partial charge in [0.05, 0.1) is 11.0 Å². The lowest BCUT2D eigenvalue weighted by Gasteiger charge is -2.31. The summed E-state index contributed by atoms with van der Waals surface area (Å²) >= 11 is 0. The van der Waals surface area contributed by atoms with Crippen LogP contribution in [0.5, 0.6) is 0 Å². The van der Waals surface area contributed by atoms with Gasteiger partial charge in [-0.2, -0.15) is 0 Å². The number of amides is 2. The molecule has 128 valence electrons. The molecule has 5 heteroatoms. The van der Waals surface area contributed by atoms with Crippen LogP contribution in [-0.2, 0) is 10.2 Å². The average molecular weight is 335 g/mol. The van der Waals surface area contributed by atoms with Gasteiger partial charge in [0.15, 0.2) is 0 Å². The molecule has 0 radical (unpaired) electrons. The van der Waals surface area contributed by atoms with E-state index in [-0.39, 0.29) is 11.8 Å². The molecule has 0 spiro atoms. The number of hydrogen-bond acceptors (Lipinski definition) is 3. The van der Waals surface area contributed by atoms with Crippen molar-refractivity contribution in [2.24, 2.45) is 0 Å². The van der Waals surface area contributed by atoms with E-state index in [2.05, 4.69) is 4.98 Å². The minimum absolute atomic E-state index is 0.0464. The van der Waals surface area contributed by atoms with Gasteiger partial charge in [0, 0.05) is 25.5 Å². The van der Waals surface area contributed by atoms with Crippen molar-refractivity contribution in [1.29, 1.82) is 0 Å². The highest BCUT2D eigenvalue weighted by molar-refractivity contribution is 5.98. The molecule has 1 aliphatic heterocycles. The molecule has 2 aromatic rings. The fourth-order valence-corrected chi connectivity index (χ4v) is 3.61. The number of hydrazine groups is 1. The van der Waals surface area contributed by atoms with Crippen LogP contribution in [0, 0.1) is 6.92 Å². The molecular formula is C20H21N3O2. The van der Waals surface area contributed by atoms with Crippen LogP contribution in [-0.4, -0.2) is 39.9 Å². The van der Waals surface area contributed by atoms with Crippen molar-refractivity contribution >= 4 is 11.8 Å². The molecule has 0 unspecified atom stereocenters. The lowest BCUT2D eigenvalue weighted by Crippen LogP contribution is -2.49. The summed E-state index contributed by atoms with van der Waals surface area (Å²) in [7, 11) is 0. The van der Waals surface area contributed by atoms with Crippen molar-refractivity contribution in [2.75, 3.05) is 13.1 Å². The molecule has 1 aromatic carbocycles. The van der Waals surface area contributed by atoms with Crippen molar-refractivity contribution in [3.63, 3.8) is 0 Å². The minimum atomic E-state index is -0.449. The van der Waals surface area contributed by atoms with Gasteiger partial charge in [0.2, 0.25) is 0 Å². The van der Waals surface area contributed by atoms with Crippen LogP contribution in [0.15, 0.2) is 48.8 Å². The van der Waals surface area contributed by atoms with Crippen molar-refractivity contribution in [3.8, 4) is 0 Å². The number of carbonyl (C=O) groups is 2. The Morgan fingerprint density at radius 1 is 1.04 bits per heavy atom. The van der Waals surface area contributed by atoms with Crippen LogP contribution in [0.2, 0.25) is 0 Å². The summed E-state index contributed by atoms with van der Waals surface area (Å²) in [5.41, 5.74) is 2.07. The summed E-state index contributed by atoms with van der Waals surface area (Å²) in [6.45, 7) is 3.08. The predicted molar refractivity (Wildman–Crippen MR) is 93.7 cm³/mol. The number of aryl methyl sites for hydroxylation is 1. The zero-order valence-electron chi connectivity index (χ0n) is 14.3. The maximum absolute atomic E-state index is 13.3. The van der Waals surface area contributed by atoms with E-state index in [4.69, 9.17) is 0 Å². The molecule has 1 aliphatic carbocycles. The molecule has 1 aromatic heterocycles. The van der Waals surface area contributed by atoms with Gasteiger partial charge in [-0.15, -0.1) is 0 Å². The lowest BCUT2D eigenvalue weighted by atomic mass is 9.95. The second-order valence-corrected chi connectivity index (χ2v) is 6.91. The SMILES string of the molecule is Cc1cncc(C(=O)N2CCCN2C(=O)C2(c3ccccc3)CC2)c1. The van der Waals surface area contributed by atoms with Gasteiger partial charge in [-0.05, 0) is 43.4 Å². The highest BCUT2D eigenvalue weighted by Crippen LogP contribution is 2.50. The van der Waals surface area contributed by atoms with E-state index in [9.17, 15) is 9.59 Å². The fraction of sp³-hybridized carbons (Fsp3) is 0.350. The molecule has 4 rings (SSSR count). The van der Waals surface area contributed by atoms with Gasteiger partial charge in [0.1, 0.15) is 0 Å². The maximum Gasteiger partial charge on any atom is 0.274 e. The Labute approximate surface area is 147 Å². The normalized spacial score (nSPS) is 18.3. The quantitative estimate of drug-likeness (QED) is 0.867. The Morgan fingerprint density at radius 3 is 2.44 bits per heavy atom. The van der Waals surface area contributed by atoms with Gasteiger partial charge >= 0.3 is 0 Å². The molecule has 25 heavy (non-hydrogen) atoms. The topological polar surface area (TPSA) is 53.5 Å². The first-order valence-corrected chi connectivity index (χ1v) is 8.73. The van der Waals surface area contributed by atoms with Crippen molar-refractivity contribution in [3.05, 3.63) is 65.5 Å². The van der Waals surface area contributed by atoms with Crippen molar-refractivity contribution in [1.82, 2.24) is 15.0 Å². The first kappa shape index (κ1) is 15.8. The van der Waals surface area contributed by atoms with E-state index in [1.165, 1.54) is 0 Å². The Morgan fingerprint density at radius 2 is 1.76 bits per heavy atom. The van der Waals surface area contributed by atoms with E-state index in [1.54, 1.807) is 22.4 Å². The summed E-state index contributed by atoms with van der Waals surface area (Å²) in [5, 5.41) is 3.26. The van der Waals surface area contributed by atoms with E-state index in [1.807, 2.05) is 43.3 Å². The van der Waals surface area contributed by atoms with E-state index in [0.717, 1.165) is 30.4 Å². The molecule has 0 atom stereocenters. The van der Waals surface area contributed by atoms with Gasteiger partial charge < -0.3 is 0 Å². The standard InChI is InChI=1S/C20H21N3O2/c1-15-12-16(14-21-13-15)18(24)22-10-5-11-23(22)19(25)20(8-9-20)17-6-3-2-4-7-17/h2-4,6-7,12-14H,5,8-11H2,1H3. The molecular weight excluding hydrogens is 314 g/mol. The third-order valence-electron chi connectivity index (χ3n) is 5.11. The molecule has 1 saturated heterocycles. The van der Waals surface area contributed by atoms with Crippen LogP contribution >= 0.6 is 0 Å². The number of hydrogen-bond donors (Lipinski definition) is 0. The number of benzene rings is 1. The van der Waals surface area contributed by atoms with E-state index >= 15 is 0 Å². The Balaban J connectivity index is 1.60. The maximum atomic E-state index is 13.3. The van der Waals surface area contributed by atoms with Gasteiger partial charge in [-0.3, -0.25) is 19.6 Å². The number of carbonyl (C=O) groups excluding carboxylic acids is 2. The number of rotatable bonds is 3. The van der Waals surface area contributed by atoms with Gasteiger partial charge in [-0.1, -0.05) is 30.3 Å². The van der Waals surface area contributed by atoms with Crippen molar-refractivity contribution in [2.45, 2.75) is 31.6 Å².